The van der Waals surface area contributed by atoms with Gasteiger partial charge in [-0.15, -0.1) is 0 Å². The Morgan fingerprint density at radius 1 is 1.06 bits per heavy atom. The van der Waals surface area contributed by atoms with E-state index in [0.717, 1.165) is 17.6 Å². The lowest BCUT2D eigenvalue weighted by atomic mass is 10.1. The summed E-state index contributed by atoms with van der Waals surface area (Å²) >= 11 is 0. The van der Waals surface area contributed by atoms with E-state index in [0.29, 0.717) is 23.4 Å². The molecule has 0 saturated carbocycles. The highest BCUT2D eigenvalue weighted by Gasteiger charge is 2.13. The van der Waals surface area contributed by atoms with Crippen molar-refractivity contribution < 1.29 is 12.8 Å². The Morgan fingerprint density at radius 3 is 2.50 bits per heavy atom. The lowest BCUT2D eigenvalue weighted by Gasteiger charge is -2.11. The van der Waals surface area contributed by atoms with Gasteiger partial charge in [0.05, 0.1) is 11.1 Å². The number of aromatic nitrogens is 4. The Morgan fingerprint density at radius 2 is 1.81 bits per heavy atom. The van der Waals surface area contributed by atoms with E-state index >= 15 is 0 Å². The number of primary sulfonamides is 1. The molecule has 4 rings (SSSR count). The van der Waals surface area contributed by atoms with Crippen LogP contribution in [0.5, 0.6) is 0 Å². The summed E-state index contributed by atoms with van der Waals surface area (Å²) in [4.78, 5) is 15.3. The monoisotopic (exact) mass is 453 g/mol. The van der Waals surface area contributed by atoms with Gasteiger partial charge in [0, 0.05) is 30.2 Å². The van der Waals surface area contributed by atoms with Gasteiger partial charge in [0.2, 0.25) is 16.0 Å². The number of aryl methyl sites for hydroxylation is 1. The summed E-state index contributed by atoms with van der Waals surface area (Å²) < 4.78 is 37.7. The zero-order valence-corrected chi connectivity index (χ0v) is 17.8. The van der Waals surface area contributed by atoms with Gasteiger partial charge in [-0.3, -0.25) is 0 Å². The van der Waals surface area contributed by atoms with E-state index in [2.05, 4.69) is 30.6 Å². The first-order valence-electron chi connectivity index (χ1n) is 9.55. The molecule has 0 saturated heterocycles. The number of nitrogens with zero attached hydrogens (tertiary/aromatic N) is 3. The van der Waals surface area contributed by atoms with Gasteiger partial charge >= 0.3 is 0 Å². The van der Waals surface area contributed by atoms with Crippen LogP contribution in [0.4, 0.5) is 27.5 Å². The van der Waals surface area contributed by atoms with Crippen molar-refractivity contribution in [2.75, 3.05) is 10.6 Å². The van der Waals surface area contributed by atoms with Crippen LogP contribution in [-0.4, -0.2) is 28.4 Å². The van der Waals surface area contributed by atoms with Crippen LogP contribution in [0.3, 0.4) is 0 Å². The quantitative estimate of drug-likeness (QED) is 0.336. The fourth-order valence-electron chi connectivity index (χ4n) is 3.06. The molecule has 11 heteroatoms. The molecule has 0 aliphatic rings. The highest BCUT2D eigenvalue weighted by atomic mass is 32.2. The first-order chi connectivity index (χ1) is 15.3. The maximum Gasteiger partial charge on any atom is 0.238 e. The van der Waals surface area contributed by atoms with Crippen LogP contribution in [-0.2, 0) is 16.4 Å². The van der Waals surface area contributed by atoms with E-state index in [-0.39, 0.29) is 16.7 Å². The third-order valence-electron chi connectivity index (χ3n) is 4.64. The predicted molar refractivity (Wildman–Crippen MR) is 119 cm³/mol. The van der Waals surface area contributed by atoms with Crippen molar-refractivity contribution in [3.05, 3.63) is 83.8 Å². The van der Waals surface area contributed by atoms with Crippen LogP contribution >= 0.6 is 0 Å². The second kappa shape index (κ2) is 8.73. The molecule has 0 atom stereocenters. The van der Waals surface area contributed by atoms with Crippen molar-refractivity contribution in [2.45, 2.75) is 18.2 Å². The van der Waals surface area contributed by atoms with Gasteiger partial charge < -0.3 is 15.6 Å². The number of nitrogens with one attached hydrogen (secondary N) is 3. The number of hydrogen-bond donors (Lipinski definition) is 4. The molecule has 0 bridgehead atoms. The van der Waals surface area contributed by atoms with Crippen molar-refractivity contribution in [2.24, 2.45) is 5.14 Å². The van der Waals surface area contributed by atoms with E-state index < -0.39 is 15.8 Å². The Balaban J connectivity index is 1.51. The second-order valence-corrected chi connectivity index (χ2v) is 8.60. The van der Waals surface area contributed by atoms with Crippen molar-refractivity contribution >= 4 is 33.2 Å². The molecule has 2 heterocycles. The molecule has 0 unspecified atom stereocenters. The highest BCUT2D eigenvalue weighted by Crippen LogP contribution is 2.23. The minimum atomic E-state index is -3.88. The van der Waals surface area contributed by atoms with Gasteiger partial charge in [0.15, 0.2) is 11.6 Å². The molecule has 2 aromatic heterocycles. The number of anilines is 4. The molecule has 0 spiro atoms. The van der Waals surface area contributed by atoms with Gasteiger partial charge in [-0.2, -0.15) is 4.98 Å². The van der Waals surface area contributed by atoms with Crippen LogP contribution in [0.1, 0.15) is 17.0 Å². The summed E-state index contributed by atoms with van der Waals surface area (Å²) in [6.07, 6.45) is 5.14. The normalized spacial score (nSPS) is 11.3. The number of aromatic amines is 1. The molecular formula is C21H20FN7O2S. The lowest BCUT2D eigenvalue weighted by Crippen LogP contribution is -2.14. The van der Waals surface area contributed by atoms with Crippen LogP contribution in [0, 0.1) is 12.7 Å². The number of H-pyrrole nitrogens is 1. The Labute approximate surface area is 184 Å². The van der Waals surface area contributed by atoms with Gasteiger partial charge in [-0.05, 0) is 42.3 Å². The van der Waals surface area contributed by atoms with E-state index in [1.54, 1.807) is 31.5 Å². The molecule has 4 aromatic rings. The average molecular weight is 454 g/mol. The SMILES string of the molecule is Cc1ccc(Nc2ncc(F)c(Nc3ccc(Cc4ncc[nH]4)cc3)n2)cc1S(N)(=O)=O. The summed E-state index contributed by atoms with van der Waals surface area (Å²) in [6, 6.07) is 12.1. The van der Waals surface area contributed by atoms with Crippen LogP contribution in [0.15, 0.2) is 66.0 Å². The van der Waals surface area contributed by atoms with Gasteiger partial charge in [-0.25, -0.2) is 27.9 Å². The smallest absolute Gasteiger partial charge is 0.238 e. The minimum Gasteiger partial charge on any atom is -0.348 e. The average Bonchev–Trinajstić information content (AvgIpc) is 3.25. The van der Waals surface area contributed by atoms with Crippen LogP contribution < -0.4 is 15.8 Å². The third kappa shape index (κ3) is 5.07. The molecular weight excluding hydrogens is 433 g/mol. The number of nitrogens with two attached hydrogens (primary N) is 1. The van der Waals surface area contributed by atoms with Crippen molar-refractivity contribution in [1.29, 1.82) is 0 Å². The number of halogens is 1. The molecule has 32 heavy (non-hydrogen) atoms. The molecule has 5 N–H and O–H groups in total. The van der Waals surface area contributed by atoms with Gasteiger partial charge in [-0.1, -0.05) is 18.2 Å². The number of rotatable bonds is 7. The Bertz CT molecular complexity index is 1340. The fraction of sp³-hybridized carbons (Fsp3) is 0.0952. The molecule has 164 valence electrons. The van der Waals surface area contributed by atoms with E-state index in [1.807, 2.05) is 24.3 Å². The predicted octanol–water partition coefficient (Wildman–Crippen LogP) is 3.37. The number of hydrogen-bond acceptors (Lipinski definition) is 7. The summed E-state index contributed by atoms with van der Waals surface area (Å²) in [5, 5.41) is 11.0. The first-order valence-corrected chi connectivity index (χ1v) is 11.1. The minimum absolute atomic E-state index is 0.0161. The van der Waals surface area contributed by atoms with Crippen LogP contribution in [0.25, 0.3) is 0 Å². The van der Waals surface area contributed by atoms with Crippen molar-refractivity contribution in [3.8, 4) is 0 Å². The number of benzene rings is 2. The zero-order valence-electron chi connectivity index (χ0n) is 17.0. The summed E-state index contributed by atoms with van der Waals surface area (Å²) in [7, 11) is -3.88. The maximum absolute atomic E-state index is 14.3. The lowest BCUT2D eigenvalue weighted by molar-refractivity contribution is 0.597. The molecule has 0 amide bonds. The highest BCUT2D eigenvalue weighted by molar-refractivity contribution is 7.89. The van der Waals surface area contributed by atoms with E-state index in [1.165, 1.54) is 6.07 Å². The third-order valence-corrected chi connectivity index (χ3v) is 5.69. The summed E-state index contributed by atoms with van der Waals surface area (Å²) in [5.41, 5.74) is 2.60. The molecule has 0 fully saturated rings. The van der Waals surface area contributed by atoms with E-state index in [9.17, 15) is 12.8 Å². The molecule has 2 aromatic carbocycles. The topological polar surface area (TPSA) is 139 Å². The zero-order chi connectivity index (χ0) is 22.7. The molecule has 9 nitrogen and oxygen atoms in total. The number of sulfonamides is 1. The molecule has 0 aliphatic heterocycles. The Hall–Kier alpha value is -3.83. The van der Waals surface area contributed by atoms with E-state index in [4.69, 9.17) is 5.14 Å². The standard InChI is InChI=1S/C21H20FN7O2S/c1-13-2-5-16(11-18(13)32(23,30)31)28-21-26-12-17(22)20(29-21)27-15-6-3-14(4-7-15)10-19-24-8-9-25-19/h2-9,11-12H,10H2,1H3,(H,24,25)(H2,23,30,31)(H2,26,27,28,29). The van der Waals surface area contributed by atoms with Gasteiger partial charge in [0.1, 0.15) is 5.82 Å². The number of imidazole rings is 1. The Kier molecular flexibility index (Phi) is 5.84. The van der Waals surface area contributed by atoms with Gasteiger partial charge in [0.25, 0.3) is 0 Å². The summed E-state index contributed by atoms with van der Waals surface area (Å²) in [5.74, 6) is 0.280. The first kappa shape index (κ1) is 21.4. The molecule has 0 aliphatic carbocycles. The van der Waals surface area contributed by atoms with Crippen molar-refractivity contribution in [1.82, 2.24) is 19.9 Å². The maximum atomic E-state index is 14.3. The summed E-state index contributed by atoms with van der Waals surface area (Å²) in [6.45, 7) is 1.64. The molecule has 0 radical (unpaired) electrons. The van der Waals surface area contributed by atoms with Crippen LogP contribution in [0.2, 0.25) is 0 Å². The fourth-order valence-corrected chi connectivity index (χ4v) is 3.87. The second-order valence-electron chi connectivity index (χ2n) is 7.08. The largest absolute Gasteiger partial charge is 0.348 e. The van der Waals surface area contributed by atoms with Crippen molar-refractivity contribution in [3.63, 3.8) is 0 Å².